The minimum Gasteiger partial charge on any atom is -0.464 e. The molecular formula is C12H15NO5S. The molecule has 0 bridgehead atoms. The van der Waals surface area contributed by atoms with Gasteiger partial charge >= 0.3 is 5.97 Å². The van der Waals surface area contributed by atoms with Gasteiger partial charge in [0.1, 0.15) is 5.69 Å². The molecule has 0 fully saturated rings. The number of aryl methyl sites for hydroxylation is 1. The molecule has 1 aliphatic rings. The molecule has 0 spiro atoms. The maximum atomic E-state index is 11.5. The number of carbonyl (C=O) groups excluding carboxylic acids is 1. The van der Waals surface area contributed by atoms with Crippen LogP contribution in [0.1, 0.15) is 33.7 Å². The third-order valence-corrected chi connectivity index (χ3v) is 3.51. The van der Waals surface area contributed by atoms with Crippen molar-refractivity contribution in [3.05, 3.63) is 28.6 Å². The molecule has 0 N–H and O–H groups in total. The van der Waals surface area contributed by atoms with E-state index in [1.54, 1.807) is 6.07 Å². The fourth-order valence-corrected chi connectivity index (χ4v) is 2.48. The molecule has 19 heavy (non-hydrogen) atoms. The second kappa shape index (κ2) is 5.26. The highest BCUT2D eigenvalue weighted by atomic mass is 32.2. The number of pyridine rings is 1. The van der Waals surface area contributed by atoms with Crippen molar-refractivity contribution in [1.29, 1.82) is 0 Å². The first-order valence-electron chi connectivity index (χ1n) is 5.85. The molecule has 1 aromatic rings. The lowest BCUT2D eigenvalue weighted by Gasteiger charge is -2.10. The SMILES string of the molecule is COC(=O)c1cc(COS(C)(=O)=O)c2c(n1)CCC2. The van der Waals surface area contributed by atoms with Crippen LogP contribution in [0.4, 0.5) is 0 Å². The van der Waals surface area contributed by atoms with E-state index in [0.717, 1.165) is 36.8 Å². The van der Waals surface area contributed by atoms with Gasteiger partial charge in [0.2, 0.25) is 0 Å². The predicted molar refractivity (Wildman–Crippen MR) is 67.2 cm³/mol. The van der Waals surface area contributed by atoms with Crippen LogP contribution in [-0.4, -0.2) is 32.7 Å². The summed E-state index contributed by atoms with van der Waals surface area (Å²) in [7, 11) is -2.23. The van der Waals surface area contributed by atoms with E-state index in [4.69, 9.17) is 4.18 Å². The summed E-state index contributed by atoms with van der Waals surface area (Å²) < 4.78 is 31.5. The van der Waals surface area contributed by atoms with Crippen LogP contribution in [0.15, 0.2) is 6.07 Å². The zero-order valence-corrected chi connectivity index (χ0v) is 11.6. The molecule has 0 saturated carbocycles. The van der Waals surface area contributed by atoms with Gasteiger partial charge in [-0.2, -0.15) is 8.42 Å². The topological polar surface area (TPSA) is 82.6 Å². The highest BCUT2D eigenvalue weighted by molar-refractivity contribution is 7.85. The number of aromatic nitrogens is 1. The number of rotatable bonds is 4. The molecule has 6 nitrogen and oxygen atoms in total. The summed E-state index contributed by atoms with van der Waals surface area (Å²) in [6, 6.07) is 1.54. The Labute approximate surface area is 111 Å². The Hall–Kier alpha value is -1.47. The lowest BCUT2D eigenvalue weighted by molar-refractivity contribution is 0.0593. The first kappa shape index (κ1) is 14.0. The van der Waals surface area contributed by atoms with Crippen molar-refractivity contribution in [2.24, 2.45) is 0 Å². The van der Waals surface area contributed by atoms with Gasteiger partial charge in [0.05, 0.1) is 20.0 Å². The Kier molecular flexibility index (Phi) is 3.86. The number of ether oxygens (including phenoxy) is 1. The van der Waals surface area contributed by atoms with Crippen LogP contribution in [0.2, 0.25) is 0 Å². The normalized spacial score (nSPS) is 14.2. The smallest absolute Gasteiger partial charge is 0.356 e. The molecule has 0 atom stereocenters. The molecule has 1 aromatic heterocycles. The number of hydrogen-bond acceptors (Lipinski definition) is 6. The molecular weight excluding hydrogens is 270 g/mol. The lowest BCUT2D eigenvalue weighted by Crippen LogP contribution is -2.10. The highest BCUT2D eigenvalue weighted by Gasteiger charge is 2.21. The van der Waals surface area contributed by atoms with E-state index in [1.807, 2.05) is 0 Å². The molecule has 0 unspecified atom stereocenters. The molecule has 0 radical (unpaired) electrons. The van der Waals surface area contributed by atoms with Gasteiger partial charge in [-0.05, 0) is 36.5 Å². The molecule has 2 rings (SSSR count). The van der Waals surface area contributed by atoms with Crippen molar-refractivity contribution in [3.63, 3.8) is 0 Å². The molecule has 0 saturated heterocycles. The van der Waals surface area contributed by atoms with Crippen LogP contribution in [0.3, 0.4) is 0 Å². The number of carbonyl (C=O) groups is 1. The van der Waals surface area contributed by atoms with Gasteiger partial charge in [-0.25, -0.2) is 9.78 Å². The van der Waals surface area contributed by atoms with E-state index in [9.17, 15) is 13.2 Å². The number of nitrogens with zero attached hydrogens (tertiary/aromatic N) is 1. The van der Waals surface area contributed by atoms with E-state index >= 15 is 0 Å². The second-order valence-electron chi connectivity index (χ2n) is 4.40. The van der Waals surface area contributed by atoms with Gasteiger partial charge in [0, 0.05) is 5.69 Å². The largest absolute Gasteiger partial charge is 0.464 e. The number of methoxy groups -OCH3 is 1. The zero-order valence-electron chi connectivity index (χ0n) is 10.8. The molecule has 0 aromatic carbocycles. The Morgan fingerprint density at radius 3 is 2.79 bits per heavy atom. The van der Waals surface area contributed by atoms with E-state index in [0.29, 0.717) is 5.56 Å². The van der Waals surface area contributed by atoms with Crippen LogP contribution >= 0.6 is 0 Å². The Bertz CT molecular complexity index is 609. The Balaban J connectivity index is 2.35. The standard InChI is InChI=1S/C12H15NO5S/c1-17-12(14)11-6-8(7-18-19(2,15)16)9-4-3-5-10(9)13-11/h6H,3-5,7H2,1-2H3. The first-order valence-corrected chi connectivity index (χ1v) is 7.67. The number of fused-ring (bicyclic) bond motifs is 1. The molecule has 1 aliphatic carbocycles. The summed E-state index contributed by atoms with van der Waals surface area (Å²) in [6.07, 6.45) is 3.55. The molecule has 1 heterocycles. The van der Waals surface area contributed by atoms with Crippen LogP contribution < -0.4 is 0 Å². The average Bonchev–Trinajstić information content (AvgIpc) is 2.81. The summed E-state index contributed by atoms with van der Waals surface area (Å²) in [5, 5.41) is 0. The Morgan fingerprint density at radius 1 is 1.42 bits per heavy atom. The summed E-state index contributed by atoms with van der Waals surface area (Å²) in [5.74, 6) is -0.532. The quantitative estimate of drug-likeness (QED) is 0.602. The van der Waals surface area contributed by atoms with Gasteiger partial charge < -0.3 is 4.74 Å². The highest BCUT2D eigenvalue weighted by Crippen LogP contribution is 2.25. The van der Waals surface area contributed by atoms with Crippen molar-refractivity contribution in [3.8, 4) is 0 Å². The third kappa shape index (κ3) is 3.30. The van der Waals surface area contributed by atoms with Crippen LogP contribution in [0.5, 0.6) is 0 Å². The van der Waals surface area contributed by atoms with Crippen molar-refractivity contribution >= 4 is 16.1 Å². The third-order valence-electron chi connectivity index (χ3n) is 2.97. The second-order valence-corrected chi connectivity index (χ2v) is 6.05. The molecule has 104 valence electrons. The first-order chi connectivity index (χ1) is 8.90. The van der Waals surface area contributed by atoms with Gasteiger partial charge in [-0.1, -0.05) is 0 Å². The Morgan fingerprint density at radius 2 is 2.16 bits per heavy atom. The van der Waals surface area contributed by atoms with E-state index in [1.165, 1.54) is 7.11 Å². The fourth-order valence-electron chi connectivity index (χ4n) is 2.14. The van der Waals surface area contributed by atoms with Crippen LogP contribution in [0, 0.1) is 0 Å². The predicted octanol–water partition coefficient (Wildman–Crippen LogP) is 0.833. The van der Waals surface area contributed by atoms with E-state index in [2.05, 4.69) is 9.72 Å². The van der Waals surface area contributed by atoms with Crippen molar-refractivity contribution in [1.82, 2.24) is 4.98 Å². The van der Waals surface area contributed by atoms with Crippen LogP contribution in [0.25, 0.3) is 0 Å². The van der Waals surface area contributed by atoms with E-state index in [-0.39, 0.29) is 12.3 Å². The summed E-state index contributed by atoms with van der Waals surface area (Å²) in [5.41, 5.74) is 2.69. The fraction of sp³-hybridized carbons (Fsp3) is 0.500. The number of esters is 1. The minimum absolute atomic E-state index is 0.0757. The maximum Gasteiger partial charge on any atom is 0.356 e. The van der Waals surface area contributed by atoms with Gasteiger partial charge in [-0.15, -0.1) is 0 Å². The molecule has 0 amide bonds. The van der Waals surface area contributed by atoms with E-state index < -0.39 is 16.1 Å². The minimum atomic E-state index is -3.51. The average molecular weight is 285 g/mol. The van der Waals surface area contributed by atoms with Gasteiger partial charge in [0.25, 0.3) is 10.1 Å². The summed E-state index contributed by atoms with van der Waals surface area (Å²) >= 11 is 0. The maximum absolute atomic E-state index is 11.5. The summed E-state index contributed by atoms with van der Waals surface area (Å²) in [6.45, 7) is -0.0757. The summed E-state index contributed by atoms with van der Waals surface area (Å²) in [4.78, 5) is 15.8. The van der Waals surface area contributed by atoms with Crippen molar-refractivity contribution in [2.45, 2.75) is 25.9 Å². The van der Waals surface area contributed by atoms with Crippen molar-refractivity contribution < 1.29 is 22.1 Å². The lowest BCUT2D eigenvalue weighted by atomic mass is 10.1. The van der Waals surface area contributed by atoms with Crippen LogP contribution in [-0.2, 0) is 38.5 Å². The van der Waals surface area contributed by atoms with Gasteiger partial charge in [0.15, 0.2) is 0 Å². The monoisotopic (exact) mass is 285 g/mol. The molecule has 7 heteroatoms. The zero-order chi connectivity index (χ0) is 14.0. The van der Waals surface area contributed by atoms with Gasteiger partial charge in [-0.3, -0.25) is 4.18 Å². The molecule has 0 aliphatic heterocycles. The van der Waals surface area contributed by atoms with Crippen molar-refractivity contribution in [2.75, 3.05) is 13.4 Å². The number of hydrogen-bond donors (Lipinski definition) is 0.